The highest BCUT2D eigenvalue weighted by Crippen LogP contribution is 2.22. The van der Waals surface area contributed by atoms with Gasteiger partial charge in [-0.2, -0.15) is 0 Å². The van der Waals surface area contributed by atoms with E-state index in [9.17, 15) is 62.6 Å². The van der Waals surface area contributed by atoms with Gasteiger partial charge in [0, 0.05) is 29.6 Å². The summed E-state index contributed by atoms with van der Waals surface area (Å²) in [6.07, 6.45) is 10.9. The van der Waals surface area contributed by atoms with Gasteiger partial charge in [0.15, 0.2) is 0 Å². The highest BCUT2D eigenvalue weighted by atomic mass is 16.5. The van der Waals surface area contributed by atoms with Gasteiger partial charge in [-0.25, -0.2) is 14.4 Å². The van der Waals surface area contributed by atoms with Crippen LogP contribution in [0.5, 0.6) is 11.5 Å². The molecule has 0 saturated heterocycles. The predicted molar refractivity (Wildman–Crippen MR) is 319 cm³/mol. The Morgan fingerprint density at radius 2 is 0.828 bits per heavy atom. The van der Waals surface area contributed by atoms with Crippen molar-refractivity contribution in [2.45, 2.75) is 154 Å². The number of carboxylic acid groups (broad SMARTS) is 1. The van der Waals surface area contributed by atoms with Gasteiger partial charge < -0.3 is 62.4 Å². The average molecular weight is 1200 g/mol. The van der Waals surface area contributed by atoms with Crippen molar-refractivity contribution in [1.29, 1.82) is 0 Å². The number of ether oxygens (including phenoxy) is 2. The molecule has 87 heavy (non-hydrogen) atoms. The van der Waals surface area contributed by atoms with E-state index in [4.69, 9.17) is 9.47 Å². The molecule has 24 nitrogen and oxygen atoms in total. The van der Waals surface area contributed by atoms with Gasteiger partial charge in [-0.3, -0.25) is 43.2 Å². The smallest absolute Gasteiger partial charge is 0.339 e. The number of nitrogens with one attached hydrogen (secondary N) is 9. The van der Waals surface area contributed by atoms with E-state index < -0.39 is 123 Å². The van der Waals surface area contributed by atoms with E-state index in [1.54, 1.807) is 85.0 Å². The van der Waals surface area contributed by atoms with E-state index in [-0.39, 0.29) is 29.9 Å². The van der Waals surface area contributed by atoms with Crippen molar-refractivity contribution >= 4 is 71.1 Å². The van der Waals surface area contributed by atoms with Crippen LogP contribution in [-0.2, 0) is 65.6 Å². The van der Waals surface area contributed by atoms with Crippen molar-refractivity contribution < 1.29 is 72.1 Å². The number of carbonyl (C=O) groups is 12. The standard InChI is InChI=1S/C63H77N9O15/c1-58(2,71-56(83)62(9,10)69-48(75)44(65-53(80)59(3,4)68-47(74)39-20-14-13-15-21-39)34-37-26-30-42(31-27-37)86-50(77)40-22-16-17-23-40)52(79)64-36-46(73)67-61(7,8)55(82)72-60(5,6)54(81)66-45(49(76)70-63(11,12)57(84)85)35-38-28-32-43(33-29-38)87-51(78)41-24-18-19-25-41/h13-22,24,26-33,44-45H,23,25,34-36H2,1-12H3,(H,64,79)(H,65,80)(H,66,81)(H,67,73)(H,68,74)(H,69,75)(H,70,76)(H,71,83)(H,72,82)(H,84,85)/t44-,45-/m0/s1. The lowest BCUT2D eigenvalue weighted by molar-refractivity contribution is -0.146. The van der Waals surface area contributed by atoms with Crippen LogP contribution in [0.3, 0.4) is 0 Å². The number of allylic oxidation sites excluding steroid dienone is 6. The van der Waals surface area contributed by atoms with Crippen molar-refractivity contribution in [3.05, 3.63) is 143 Å². The summed E-state index contributed by atoms with van der Waals surface area (Å²) < 4.78 is 10.9. The number of hydrogen-bond acceptors (Lipinski definition) is 14. The molecule has 0 fully saturated rings. The summed E-state index contributed by atoms with van der Waals surface area (Å²) in [5.74, 6) is -9.29. The fraction of sp³-hybridized carbons (Fsp3) is 0.397. The first-order valence-electron chi connectivity index (χ1n) is 27.9. The molecule has 2 aliphatic carbocycles. The highest BCUT2D eigenvalue weighted by Gasteiger charge is 2.42. The number of benzene rings is 3. The van der Waals surface area contributed by atoms with Crippen molar-refractivity contribution in [2.24, 2.45) is 0 Å². The van der Waals surface area contributed by atoms with Crippen LogP contribution < -0.4 is 57.3 Å². The average Bonchev–Trinajstić information content (AvgIpc) is 4.45. The third-order valence-corrected chi connectivity index (χ3v) is 13.9. The summed E-state index contributed by atoms with van der Waals surface area (Å²) in [6.45, 7) is 15.4. The van der Waals surface area contributed by atoms with Crippen LogP contribution in [0.15, 0.2) is 126 Å². The Kier molecular flexibility index (Phi) is 21.9. The van der Waals surface area contributed by atoms with Crippen molar-refractivity contribution in [3.8, 4) is 11.5 Å². The molecule has 5 rings (SSSR count). The summed E-state index contributed by atoms with van der Waals surface area (Å²) in [5, 5.41) is 32.8. The molecule has 0 unspecified atom stereocenters. The first kappa shape index (κ1) is 68.0. The van der Waals surface area contributed by atoms with Crippen LogP contribution in [0.4, 0.5) is 0 Å². The summed E-state index contributed by atoms with van der Waals surface area (Å²) in [6, 6.07) is 17.7. The second kappa shape index (κ2) is 28.0. The van der Waals surface area contributed by atoms with Gasteiger partial charge in [0.1, 0.15) is 56.8 Å². The molecule has 0 saturated carbocycles. The lowest BCUT2D eigenvalue weighted by Gasteiger charge is -2.34. The molecule has 9 amide bonds. The molecule has 24 heteroatoms. The SMILES string of the molecule is CC(C)(NC(=O)[C@H](Cc1ccc(OC(=O)C2=CC=CC2)cc1)NC(=O)C(C)(C)NC(=O)C(C)(C)NC(=O)CNC(=O)C(C)(C)NC(=O)C(C)(C)NC(=O)[C@H](Cc1ccc(OC(=O)C2=CC=CC2)cc1)NC(=O)C(C)(C)NC(=O)c1ccccc1)C(=O)O. The van der Waals surface area contributed by atoms with Crippen LogP contribution in [0.1, 0.15) is 117 Å². The minimum absolute atomic E-state index is 0.142. The summed E-state index contributed by atoms with van der Waals surface area (Å²) in [4.78, 5) is 160. The second-order valence-corrected chi connectivity index (χ2v) is 24.2. The Hall–Kier alpha value is -9.74. The van der Waals surface area contributed by atoms with E-state index in [1.165, 1.54) is 107 Å². The van der Waals surface area contributed by atoms with Crippen LogP contribution in [0, 0.1) is 0 Å². The first-order valence-corrected chi connectivity index (χ1v) is 27.9. The second-order valence-electron chi connectivity index (χ2n) is 24.2. The van der Waals surface area contributed by atoms with Gasteiger partial charge in [0.2, 0.25) is 47.3 Å². The molecular weight excluding hydrogens is 1120 g/mol. The van der Waals surface area contributed by atoms with E-state index in [0.717, 1.165) is 0 Å². The normalized spacial score (nSPS) is 13.9. The molecule has 3 aromatic carbocycles. The molecule has 464 valence electrons. The Balaban J connectivity index is 1.19. The van der Waals surface area contributed by atoms with Gasteiger partial charge >= 0.3 is 17.9 Å². The number of amides is 9. The molecule has 10 N–H and O–H groups in total. The summed E-state index contributed by atoms with van der Waals surface area (Å²) in [7, 11) is 0. The highest BCUT2D eigenvalue weighted by molar-refractivity contribution is 6.02. The molecule has 0 spiro atoms. The topological polar surface area (TPSA) is 352 Å². The number of carboxylic acids is 1. The minimum atomic E-state index is -1.77. The van der Waals surface area contributed by atoms with Gasteiger partial charge in [-0.1, -0.05) is 78.9 Å². The van der Waals surface area contributed by atoms with Gasteiger partial charge in [-0.05, 0) is 143 Å². The lowest BCUT2D eigenvalue weighted by Crippen LogP contribution is -2.66. The molecule has 2 atom stereocenters. The number of esters is 2. The molecule has 3 aromatic rings. The summed E-state index contributed by atoms with van der Waals surface area (Å²) >= 11 is 0. The van der Waals surface area contributed by atoms with Crippen LogP contribution in [-0.4, -0.2) is 128 Å². The number of hydrogen-bond donors (Lipinski definition) is 10. The number of aliphatic carboxylic acids is 1. The van der Waals surface area contributed by atoms with Gasteiger partial charge in [0.25, 0.3) is 5.91 Å². The van der Waals surface area contributed by atoms with Gasteiger partial charge in [0.05, 0.1) is 6.54 Å². The van der Waals surface area contributed by atoms with Crippen LogP contribution in [0.2, 0.25) is 0 Å². The van der Waals surface area contributed by atoms with Crippen molar-refractivity contribution in [3.63, 3.8) is 0 Å². The van der Waals surface area contributed by atoms with E-state index in [0.29, 0.717) is 35.1 Å². The molecular formula is C63H77N9O15. The Labute approximate surface area is 504 Å². The van der Waals surface area contributed by atoms with Crippen LogP contribution in [0.25, 0.3) is 0 Å². The van der Waals surface area contributed by atoms with Crippen LogP contribution >= 0.6 is 0 Å². The van der Waals surface area contributed by atoms with E-state index in [2.05, 4.69) is 47.9 Å². The molecule has 0 radical (unpaired) electrons. The lowest BCUT2D eigenvalue weighted by atomic mass is 9.96. The Bertz CT molecular complexity index is 3300. The zero-order valence-corrected chi connectivity index (χ0v) is 50.8. The zero-order chi connectivity index (χ0) is 64.9. The fourth-order valence-corrected chi connectivity index (χ4v) is 8.22. The maximum absolute atomic E-state index is 14.2. The van der Waals surface area contributed by atoms with Gasteiger partial charge in [-0.15, -0.1) is 0 Å². The third kappa shape index (κ3) is 19.4. The molecule has 0 heterocycles. The molecule has 2 aliphatic rings. The first-order chi connectivity index (χ1) is 40.4. The Morgan fingerprint density at radius 1 is 0.448 bits per heavy atom. The van der Waals surface area contributed by atoms with E-state index in [1.807, 2.05) is 6.08 Å². The van der Waals surface area contributed by atoms with E-state index >= 15 is 0 Å². The quantitative estimate of drug-likeness (QED) is 0.0388. The van der Waals surface area contributed by atoms with Crippen molar-refractivity contribution in [2.75, 3.05) is 6.54 Å². The maximum Gasteiger partial charge on any atom is 0.339 e. The monoisotopic (exact) mass is 1200 g/mol. The predicted octanol–water partition coefficient (Wildman–Crippen LogP) is 2.91. The Morgan fingerprint density at radius 3 is 1.23 bits per heavy atom. The minimum Gasteiger partial charge on any atom is -0.480 e. The number of carbonyl (C=O) groups excluding carboxylic acids is 11. The molecule has 0 aliphatic heterocycles. The molecule has 0 bridgehead atoms. The summed E-state index contributed by atoms with van der Waals surface area (Å²) in [5.41, 5.74) is -8.12. The fourth-order valence-electron chi connectivity index (χ4n) is 8.22. The number of rotatable bonds is 27. The van der Waals surface area contributed by atoms with Crippen molar-refractivity contribution in [1.82, 2.24) is 47.9 Å². The third-order valence-electron chi connectivity index (χ3n) is 13.9. The zero-order valence-electron chi connectivity index (χ0n) is 50.8. The largest absolute Gasteiger partial charge is 0.480 e. The maximum atomic E-state index is 14.2. The molecule has 0 aromatic heterocycles.